The summed E-state index contributed by atoms with van der Waals surface area (Å²) in [4.78, 5) is 0. The van der Waals surface area contributed by atoms with E-state index in [9.17, 15) is 0 Å². The van der Waals surface area contributed by atoms with Gasteiger partial charge in [-0.25, -0.2) is 0 Å². The molecule has 0 aliphatic heterocycles. The molecular formula is C16H31NO2. The van der Waals surface area contributed by atoms with Crippen molar-refractivity contribution < 1.29 is 9.84 Å². The molecule has 0 radical (unpaired) electrons. The number of nitrogens with one attached hydrogen (secondary N) is 1. The van der Waals surface area contributed by atoms with E-state index in [-0.39, 0.29) is 0 Å². The zero-order valence-corrected chi connectivity index (χ0v) is 12.5. The maximum absolute atomic E-state index is 8.79. The third-order valence-electron chi connectivity index (χ3n) is 5.16. The van der Waals surface area contributed by atoms with Crippen molar-refractivity contribution in [1.29, 1.82) is 0 Å². The van der Waals surface area contributed by atoms with Crippen molar-refractivity contribution in [1.82, 2.24) is 5.32 Å². The maximum atomic E-state index is 8.79. The molecule has 112 valence electrons. The third-order valence-corrected chi connectivity index (χ3v) is 5.16. The molecule has 0 amide bonds. The Morgan fingerprint density at radius 2 is 1.95 bits per heavy atom. The Hall–Kier alpha value is -0.120. The molecule has 19 heavy (non-hydrogen) atoms. The van der Waals surface area contributed by atoms with Crippen LogP contribution in [0.2, 0.25) is 0 Å². The van der Waals surface area contributed by atoms with Crippen molar-refractivity contribution in [2.24, 2.45) is 5.41 Å². The largest absolute Gasteiger partial charge is 0.396 e. The van der Waals surface area contributed by atoms with E-state index < -0.39 is 0 Å². The fraction of sp³-hybridized carbons (Fsp3) is 1.00. The first-order valence-corrected chi connectivity index (χ1v) is 8.29. The summed E-state index contributed by atoms with van der Waals surface area (Å²) in [6.45, 7) is 4.41. The van der Waals surface area contributed by atoms with E-state index >= 15 is 0 Å². The molecule has 2 N–H and O–H groups in total. The normalized spacial score (nSPS) is 29.4. The smallest absolute Gasteiger partial charge is 0.0661 e. The lowest BCUT2D eigenvalue weighted by Gasteiger charge is -2.58. The monoisotopic (exact) mass is 269 g/mol. The van der Waals surface area contributed by atoms with E-state index in [4.69, 9.17) is 9.84 Å². The number of aliphatic hydroxyl groups is 1. The van der Waals surface area contributed by atoms with Gasteiger partial charge in [-0.2, -0.15) is 0 Å². The lowest BCUT2D eigenvalue weighted by Crippen LogP contribution is -2.64. The van der Waals surface area contributed by atoms with Gasteiger partial charge in [0.15, 0.2) is 0 Å². The zero-order chi connectivity index (χ0) is 13.6. The van der Waals surface area contributed by atoms with Gasteiger partial charge in [-0.1, -0.05) is 19.3 Å². The number of hydrogen-bond acceptors (Lipinski definition) is 3. The zero-order valence-electron chi connectivity index (χ0n) is 12.5. The number of ether oxygens (including phenoxy) is 1. The topological polar surface area (TPSA) is 41.5 Å². The Bertz CT molecular complexity index is 251. The van der Waals surface area contributed by atoms with Gasteiger partial charge in [0.25, 0.3) is 0 Å². The van der Waals surface area contributed by atoms with Gasteiger partial charge < -0.3 is 15.2 Å². The average Bonchev–Trinajstić information content (AvgIpc) is 2.46. The summed E-state index contributed by atoms with van der Waals surface area (Å²) in [6, 6.07) is 0.679. The summed E-state index contributed by atoms with van der Waals surface area (Å²) < 4.78 is 5.97. The van der Waals surface area contributed by atoms with E-state index in [2.05, 4.69) is 12.2 Å². The van der Waals surface area contributed by atoms with Crippen LogP contribution in [0.5, 0.6) is 0 Å². The molecule has 3 heteroatoms. The highest BCUT2D eigenvalue weighted by Gasteiger charge is 2.55. The lowest BCUT2D eigenvalue weighted by atomic mass is 9.55. The van der Waals surface area contributed by atoms with Crippen LogP contribution < -0.4 is 5.32 Å². The van der Waals surface area contributed by atoms with Crippen molar-refractivity contribution in [3.8, 4) is 0 Å². The summed E-state index contributed by atoms with van der Waals surface area (Å²) in [7, 11) is 0. The molecule has 0 bridgehead atoms. The van der Waals surface area contributed by atoms with Gasteiger partial charge in [0.2, 0.25) is 0 Å². The van der Waals surface area contributed by atoms with Crippen LogP contribution in [-0.2, 0) is 4.74 Å². The first-order valence-electron chi connectivity index (χ1n) is 8.29. The predicted octanol–water partition coefficient (Wildman–Crippen LogP) is 2.87. The van der Waals surface area contributed by atoms with Crippen LogP contribution in [0.1, 0.15) is 64.7 Å². The molecule has 1 spiro atoms. The third kappa shape index (κ3) is 3.50. The molecule has 0 heterocycles. The van der Waals surface area contributed by atoms with Gasteiger partial charge in [0, 0.05) is 24.7 Å². The van der Waals surface area contributed by atoms with Gasteiger partial charge >= 0.3 is 0 Å². The van der Waals surface area contributed by atoms with Crippen LogP contribution in [0.25, 0.3) is 0 Å². The molecule has 2 unspecified atom stereocenters. The molecular weight excluding hydrogens is 238 g/mol. The SMILES string of the molecule is CCOC1CC(NCCCCCO)C12CCCCC2. The van der Waals surface area contributed by atoms with Gasteiger partial charge in [0.1, 0.15) is 0 Å². The number of aliphatic hydroxyl groups excluding tert-OH is 1. The van der Waals surface area contributed by atoms with E-state index in [1.54, 1.807) is 0 Å². The first kappa shape index (κ1) is 15.3. The van der Waals surface area contributed by atoms with Gasteiger partial charge in [-0.3, -0.25) is 0 Å². The lowest BCUT2D eigenvalue weighted by molar-refractivity contribution is -0.149. The first-order chi connectivity index (χ1) is 9.33. The van der Waals surface area contributed by atoms with E-state index in [0.717, 1.165) is 26.0 Å². The maximum Gasteiger partial charge on any atom is 0.0661 e. The van der Waals surface area contributed by atoms with Crippen LogP contribution in [0.4, 0.5) is 0 Å². The second-order valence-electron chi connectivity index (χ2n) is 6.26. The highest BCUT2D eigenvalue weighted by atomic mass is 16.5. The number of unbranched alkanes of at least 4 members (excludes halogenated alkanes) is 2. The Labute approximate surface area is 118 Å². The Kier molecular flexibility index (Phi) is 6.11. The van der Waals surface area contributed by atoms with Crippen LogP contribution in [0, 0.1) is 5.41 Å². The summed E-state index contributed by atoms with van der Waals surface area (Å²) in [6.07, 6.45) is 11.9. The van der Waals surface area contributed by atoms with Crippen molar-refractivity contribution in [2.45, 2.75) is 76.9 Å². The Balaban J connectivity index is 1.76. The van der Waals surface area contributed by atoms with Gasteiger partial charge in [-0.15, -0.1) is 0 Å². The van der Waals surface area contributed by atoms with Gasteiger partial charge in [-0.05, 0) is 52.0 Å². The summed E-state index contributed by atoms with van der Waals surface area (Å²) in [5.74, 6) is 0. The quantitative estimate of drug-likeness (QED) is 0.666. The second-order valence-corrected chi connectivity index (χ2v) is 6.26. The van der Waals surface area contributed by atoms with Crippen LogP contribution in [-0.4, -0.2) is 37.0 Å². The molecule has 0 saturated heterocycles. The van der Waals surface area contributed by atoms with Crippen LogP contribution in [0.15, 0.2) is 0 Å². The van der Waals surface area contributed by atoms with Crippen LogP contribution >= 0.6 is 0 Å². The molecule has 2 atom stereocenters. The Morgan fingerprint density at radius 1 is 1.16 bits per heavy atom. The number of rotatable bonds is 8. The standard InChI is InChI=1S/C16H31NO2/c1-2-19-15-13-14(17-11-7-4-8-12-18)16(15)9-5-3-6-10-16/h14-15,17-18H,2-13H2,1H3. The number of hydrogen-bond donors (Lipinski definition) is 2. The molecule has 2 aliphatic carbocycles. The van der Waals surface area contributed by atoms with Gasteiger partial charge in [0.05, 0.1) is 6.10 Å². The van der Waals surface area contributed by atoms with E-state index in [1.807, 2.05) is 0 Å². The van der Waals surface area contributed by atoms with Crippen LogP contribution in [0.3, 0.4) is 0 Å². The second kappa shape index (κ2) is 7.61. The summed E-state index contributed by atoms with van der Waals surface area (Å²) >= 11 is 0. The average molecular weight is 269 g/mol. The minimum absolute atomic E-state index is 0.333. The van der Waals surface area contributed by atoms with E-state index in [1.165, 1.54) is 44.9 Å². The fourth-order valence-electron chi connectivity index (χ4n) is 4.04. The predicted molar refractivity (Wildman–Crippen MR) is 78.3 cm³/mol. The highest BCUT2D eigenvalue weighted by Crippen LogP contribution is 2.53. The molecule has 2 rings (SSSR count). The molecule has 0 aromatic carbocycles. The molecule has 0 aromatic rings. The molecule has 2 aliphatic rings. The minimum atomic E-state index is 0.333. The molecule has 2 saturated carbocycles. The van der Waals surface area contributed by atoms with Crippen molar-refractivity contribution in [2.75, 3.05) is 19.8 Å². The molecule has 2 fully saturated rings. The highest BCUT2D eigenvalue weighted by molar-refractivity contribution is 5.08. The van der Waals surface area contributed by atoms with E-state index in [0.29, 0.717) is 24.2 Å². The molecule has 0 aromatic heterocycles. The molecule has 3 nitrogen and oxygen atoms in total. The fourth-order valence-corrected chi connectivity index (χ4v) is 4.04. The van der Waals surface area contributed by atoms with Crippen molar-refractivity contribution in [3.63, 3.8) is 0 Å². The Morgan fingerprint density at radius 3 is 2.63 bits per heavy atom. The minimum Gasteiger partial charge on any atom is -0.396 e. The summed E-state index contributed by atoms with van der Waals surface area (Å²) in [5, 5.41) is 12.6. The summed E-state index contributed by atoms with van der Waals surface area (Å²) in [5.41, 5.74) is 0.450. The van der Waals surface area contributed by atoms with Crippen molar-refractivity contribution in [3.05, 3.63) is 0 Å². The van der Waals surface area contributed by atoms with Crippen molar-refractivity contribution >= 4 is 0 Å².